The number of nitrogens with one attached hydrogen (secondary N) is 1. The Labute approximate surface area is 130 Å². The van der Waals surface area contributed by atoms with Gasteiger partial charge in [-0.15, -0.1) is 0 Å². The van der Waals surface area contributed by atoms with E-state index in [9.17, 15) is 14.7 Å². The Morgan fingerprint density at radius 3 is 2.19 bits per heavy atom. The van der Waals surface area contributed by atoms with Crippen molar-refractivity contribution >= 4 is 35.1 Å². The van der Waals surface area contributed by atoms with Crippen molar-refractivity contribution in [3.8, 4) is 0 Å². The van der Waals surface area contributed by atoms with Gasteiger partial charge in [-0.05, 0) is 17.7 Å². The van der Waals surface area contributed by atoms with Gasteiger partial charge >= 0.3 is 5.97 Å². The lowest BCUT2D eigenvalue weighted by molar-refractivity contribution is -0.139. The molecule has 0 unspecified atom stereocenters. The number of halogens is 2. The first-order valence-corrected chi connectivity index (χ1v) is 6.64. The van der Waals surface area contributed by atoms with Gasteiger partial charge in [-0.25, -0.2) is 9.78 Å². The number of hydrogen-bond donors (Lipinski definition) is 2. The van der Waals surface area contributed by atoms with Crippen LogP contribution in [0.4, 0.5) is 0 Å². The quantitative estimate of drug-likeness (QED) is 0.847. The summed E-state index contributed by atoms with van der Waals surface area (Å²) in [5.41, 5.74) is 0.604. The molecule has 1 heterocycles. The Kier molecular flexibility index (Phi) is 4.77. The first kappa shape index (κ1) is 15.3. The Bertz CT molecular complexity index is 657. The summed E-state index contributed by atoms with van der Waals surface area (Å²) in [6, 6.07) is 9.84. The smallest absolute Gasteiger partial charge is 0.330 e. The van der Waals surface area contributed by atoms with Crippen LogP contribution >= 0.6 is 23.2 Å². The zero-order chi connectivity index (χ0) is 15.4. The lowest BCUT2D eigenvalue weighted by Crippen LogP contribution is -2.33. The number of aliphatic carboxylic acids is 1. The van der Waals surface area contributed by atoms with Gasteiger partial charge in [-0.1, -0.05) is 53.5 Å². The standard InChI is InChI=1S/C14H10Cl2N2O3/c15-10-6-9(7-11(16)17-10)13(19)18-12(14(20)21)8-4-2-1-3-5-8/h1-7,12H,(H,18,19)(H,20,21)/t12-/m0/s1. The van der Waals surface area contributed by atoms with Crippen molar-refractivity contribution in [2.75, 3.05) is 0 Å². The van der Waals surface area contributed by atoms with E-state index in [2.05, 4.69) is 10.3 Å². The van der Waals surface area contributed by atoms with Crippen LogP contribution in [0, 0.1) is 0 Å². The molecule has 0 aliphatic heterocycles. The Morgan fingerprint density at radius 1 is 1.10 bits per heavy atom. The minimum absolute atomic E-state index is 0.0548. The third-order valence-electron chi connectivity index (χ3n) is 2.68. The van der Waals surface area contributed by atoms with Gasteiger partial charge in [0.2, 0.25) is 0 Å². The Hall–Kier alpha value is -2.11. The predicted molar refractivity (Wildman–Crippen MR) is 78.5 cm³/mol. The molecule has 21 heavy (non-hydrogen) atoms. The minimum Gasteiger partial charge on any atom is -0.479 e. The number of amides is 1. The van der Waals surface area contributed by atoms with E-state index >= 15 is 0 Å². The van der Waals surface area contributed by atoms with Crippen LogP contribution in [0.25, 0.3) is 0 Å². The second-order valence-corrected chi connectivity index (χ2v) is 4.93. The molecule has 0 bridgehead atoms. The summed E-state index contributed by atoms with van der Waals surface area (Å²) in [4.78, 5) is 27.2. The van der Waals surface area contributed by atoms with Crippen molar-refractivity contribution < 1.29 is 14.7 Å². The highest BCUT2D eigenvalue weighted by molar-refractivity contribution is 6.33. The Morgan fingerprint density at radius 2 is 1.67 bits per heavy atom. The van der Waals surface area contributed by atoms with Crippen molar-refractivity contribution in [3.05, 3.63) is 63.9 Å². The average molecular weight is 325 g/mol. The third kappa shape index (κ3) is 3.93. The second kappa shape index (κ2) is 6.56. The fourth-order valence-electron chi connectivity index (χ4n) is 1.74. The zero-order valence-corrected chi connectivity index (χ0v) is 12.1. The maximum Gasteiger partial charge on any atom is 0.330 e. The van der Waals surface area contributed by atoms with Crippen molar-refractivity contribution in [2.45, 2.75) is 6.04 Å². The molecule has 0 spiro atoms. The highest BCUT2D eigenvalue weighted by Crippen LogP contribution is 2.17. The molecule has 7 heteroatoms. The van der Waals surface area contributed by atoms with Crippen LogP contribution in [0.5, 0.6) is 0 Å². The number of nitrogens with zero attached hydrogens (tertiary/aromatic N) is 1. The normalized spacial score (nSPS) is 11.7. The van der Waals surface area contributed by atoms with Gasteiger partial charge in [-0.3, -0.25) is 4.79 Å². The summed E-state index contributed by atoms with van der Waals surface area (Å²) in [5, 5.41) is 11.8. The maximum absolute atomic E-state index is 12.1. The van der Waals surface area contributed by atoms with E-state index in [0.29, 0.717) is 5.56 Å². The Balaban J connectivity index is 2.25. The number of carboxylic acids is 1. The van der Waals surface area contributed by atoms with E-state index in [0.717, 1.165) is 0 Å². The first-order valence-electron chi connectivity index (χ1n) is 5.89. The van der Waals surface area contributed by atoms with E-state index in [1.165, 1.54) is 12.1 Å². The molecule has 1 aromatic heterocycles. The average Bonchev–Trinajstić information content (AvgIpc) is 2.44. The van der Waals surface area contributed by atoms with Crippen molar-refractivity contribution in [2.24, 2.45) is 0 Å². The van der Waals surface area contributed by atoms with Crippen molar-refractivity contribution in [1.82, 2.24) is 10.3 Å². The second-order valence-electron chi connectivity index (χ2n) is 4.16. The topological polar surface area (TPSA) is 79.3 Å². The number of carbonyl (C=O) groups excluding carboxylic acids is 1. The maximum atomic E-state index is 12.1. The number of benzene rings is 1. The molecule has 0 aliphatic rings. The molecule has 0 fully saturated rings. The van der Waals surface area contributed by atoms with Gasteiger partial charge in [0, 0.05) is 5.56 Å². The molecule has 1 amide bonds. The summed E-state index contributed by atoms with van der Waals surface area (Å²) in [7, 11) is 0. The van der Waals surface area contributed by atoms with E-state index in [1.54, 1.807) is 30.3 Å². The molecule has 2 rings (SSSR count). The van der Waals surface area contributed by atoms with Gasteiger partial charge < -0.3 is 10.4 Å². The molecule has 2 aromatic rings. The minimum atomic E-state index is -1.17. The number of rotatable bonds is 4. The van der Waals surface area contributed by atoms with E-state index < -0.39 is 17.9 Å². The summed E-state index contributed by atoms with van der Waals surface area (Å²) in [5.74, 6) is -1.77. The number of aromatic nitrogens is 1. The zero-order valence-electron chi connectivity index (χ0n) is 10.6. The van der Waals surface area contributed by atoms with E-state index in [-0.39, 0.29) is 15.9 Å². The molecule has 0 aliphatic carbocycles. The van der Waals surface area contributed by atoms with Crippen LogP contribution in [0.1, 0.15) is 22.0 Å². The van der Waals surface area contributed by atoms with Crippen LogP contribution in [-0.4, -0.2) is 22.0 Å². The third-order valence-corrected chi connectivity index (χ3v) is 3.07. The van der Waals surface area contributed by atoms with Crippen molar-refractivity contribution in [1.29, 1.82) is 0 Å². The predicted octanol–water partition coefficient (Wildman–Crippen LogP) is 2.94. The molecule has 108 valence electrons. The summed E-state index contributed by atoms with van der Waals surface area (Å²) in [6.45, 7) is 0. The fraction of sp³-hybridized carbons (Fsp3) is 0.0714. The van der Waals surface area contributed by atoms with Gasteiger partial charge in [0.1, 0.15) is 10.3 Å². The van der Waals surface area contributed by atoms with Crippen molar-refractivity contribution in [3.63, 3.8) is 0 Å². The molecular weight excluding hydrogens is 315 g/mol. The lowest BCUT2D eigenvalue weighted by Gasteiger charge is -2.15. The first-order chi connectivity index (χ1) is 9.97. The summed E-state index contributed by atoms with van der Waals surface area (Å²) in [6.07, 6.45) is 0. The highest BCUT2D eigenvalue weighted by Gasteiger charge is 2.22. The number of pyridine rings is 1. The van der Waals surface area contributed by atoms with Gasteiger partial charge in [0.05, 0.1) is 0 Å². The van der Waals surface area contributed by atoms with Crippen LogP contribution in [-0.2, 0) is 4.79 Å². The molecule has 0 saturated carbocycles. The molecule has 1 atom stereocenters. The van der Waals surface area contributed by atoms with E-state index in [4.69, 9.17) is 23.2 Å². The van der Waals surface area contributed by atoms with Gasteiger partial charge in [0.25, 0.3) is 5.91 Å². The van der Waals surface area contributed by atoms with Crippen LogP contribution in [0.15, 0.2) is 42.5 Å². The number of carbonyl (C=O) groups is 2. The van der Waals surface area contributed by atoms with Crippen LogP contribution in [0.2, 0.25) is 10.3 Å². The molecular formula is C14H10Cl2N2O3. The van der Waals surface area contributed by atoms with Gasteiger partial charge in [0.15, 0.2) is 6.04 Å². The van der Waals surface area contributed by atoms with Crippen LogP contribution in [0.3, 0.4) is 0 Å². The van der Waals surface area contributed by atoms with Crippen LogP contribution < -0.4 is 5.32 Å². The fourth-order valence-corrected chi connectivity index (χ4v) is 2.20. The SMILES string of the molecule is O=C(N[C@H](C(=O)O)c1ccccc1)c1cc(Cl)nc(Cl)c1. The molecule has 2 N–H and O–H groups in total. The lowest BCUT2D eigenvalue weighted by atomic mass is 10.1. The monoisotopic (exact) mass is 324 g/mol. The largest absolute Gasteiger partial charge is 0.479 e. The highest BCUT2D eigenvalue weighted by atomic mass is 35.5. The summed E-state index contributed by atoms with van der Waals surface area (Å²) >= 11 is 11.4. The van der Waals surface area contributed by atoms with Gasteiger partial charge in [-0.2, -0.15) is 0 Å². The number of hydrogen-bond acceptors (Lipinski definition) is 3. The summed E-state index contributed by atoms with van der Waals surface area (Å²) < 4.78 is 0. The molecule has 5 nitrogen and oxygen atoms in total. The molecule has 0 radical (unpaired) electrons. The van der Waals surface area contributed by atoms with E-state index in [1.807, 2.05) is 0 Å². The molecule has 1 aromatic carbocycles. The number of carboxylic acid groups (broad SMARTS) is 1. The molecule has 0 saturated heterocycles.